The van der Waals surface area contributed by atoms with Gasteiger partial charge >= 0.3 is 0 Å². The van der Waals surface area contributed by atoms with Crippen molar-refractivity contribution in [3.05, 3.63) is 0 Å². The lowest BCUT2D eigenvalue weighted by Gasteiger charge is -2.45. The van der Waals surface area contributed by atoms with Crippen LogP contribution in [-0.2, 0) is 9.53 Å². The highest BCUT2D eigenvalue weighted by Crippen LogP contribution is 2.30. The summed E-state index contributed by atoms with van der Waals surface area (Å²) in [7, 11) is 0. The molecule has 2 aliphatic rings. The number of fused-ring (bicyclic) bond motifs is 1. The number of hydrogen-bond acceptors (Lipinski definition) is 3. The zero-order valence-electron chi connectivity index (χ0n) is 11.2. The number of rotatable bonds is 4. The number of ketones is 1. The molecular weight excluding hydrogens is 214 g/mol. The minimum Gasteiger partial charge on any atom is -0.363 e. The van der Waals surface area contributed by atoms with E-state index in [-0.39, 0.29) is 0 Å². The van der Waals surface area contributed by atoms with E-state index in [0.29, 0.717) is 24.0 Å². The zero-order valence-corrected chi connectivity index (χ0v) is 11.2. The molecule has 2 rings (SSSR count). The van der Waals surface area contributed by atoms with E-state index in [1.807, 2.05) is 0 Å². The molecule has 98 valence electrons. The third-order valence-electron chi connectivity index (χ3n) is 4.12. The molecule has 0 amide bonds. The molecule has 0 aromatic heterocycles. The molecule has 0 aromatic carbocycles. The van der Waals surface area contributed by atoms with Gasteiger partial charge in [-0.25, -0.2) is 0 Å². The minimum absolute atomic E-state index is 0.318. The van der Waals surface area contributed by atoms with Crippen LogP contribution in [-0.4, -0.2) is 35.6 Å². The van der Waals surface area contributed by atoms with Crippen molar-refractivity contribution in [2.75, 3.05) is 6.73 Å². The second-order valence-corrected chi connectivity index (χ2v) is 5.61. The Morgan fingerprint density at radius 2 is 2.18 bits per heavy atom. The lowest BCUT2D eigenvalue weighted by molar-refractivity contribution is -0.145. The van der Waals surface area contributed by atoms with E-state index >= 15 is 0 Å². The fourth-order valence-electron chi connectivity index (χ4n) is 3.13. The fourth-order valence-corrected chi connectivity index (χ4v) is 3.13. The van der Waals surface area contributed by atoms with Gasteiger partial charge < -0.3 is 4.74 Å². The van der Waals surface area contributed by atoms with E-state index < -0.39 is 0 Å². The van der Waals surface area contributed by atoms with Crippen molar-refractivity contribution in [2.24, 2.45) is 0 Å². The minimum atomic E-state index is 0.318. The summed E-state index contributed by atoms with van der Waals surface area (Å²) in [5.41, 5.74) is 0. The summed E-state index contributed by atoms with van der Waals surface area (Å²) in [6.07, 6.45) is 7.77. The number of hydrogen-bond donors (Lipinski definition) is 0. The molecule has 0 unspecified atom stereocenters. The normalized spacial score (nSPS) is 34.7. The molecular formula is C14H25NO2. The average molecular weight is 239 g/mol. The lowest BCUT2D eigenvalue weighted by Crippen LogP contribution is -2.54. The molecule has 0 bridgehead atoms. The smallest absolute Gasteiger partial charge is 0.136 e. The third-order valence-corrected chi connectivity index (χ3v) is 4.12. The Morgan fingerprint density at radius 1 is 1.35 bits per heavy atom. The summed E-state index contributed by atoms with van der Waals surface area (Å²) in [5.74, 6) is 0.460. The van der Waals surface area contributed by atoms with Crippen LogP contribution in [0.4, 0.5) is 0 Å². The van der Waals surface area contributed by atoms with Crippen molar-refractivity contribution in [3.8, 4) is 0 Å². The number of Topliss-reactive ketones (excluding diaryl/α,β-unsaturated/α-hetero) is 1. The Bertz CT molecular complexity index is 267. The number of piperidine rings is 1. The van der Waals surface area contributed by atoms with Crippen molar-refractivity contribution in [1.82, 2.24) is 4.90 Å². The molecule has 2 heterocycles. The number of carbonyl (C=O) groups is 1. The summed E-state index contributed by atoms with van der Waals surface area (Å²) in [5, 5.41) is 0. The Labute approximate surface area is 105 Å². The van der Waals surface area contributed by atoms with Gasteiger partial charge in [0, 0.05) is 24.9 Å². The fraction of sp³-hybridized carbons (Fsp3) is 0.929. The van der Waals surface area contributed by atoms with E-state index in [9.17, 15) is 4.79 Å². The molecule has 2 fully saturated rings. The monoisotopic (exact) mass is 239 g/mol. The van der Waals surface area contributed by atoms with Crippen LogP contribution in [0.1, 0.15) is 58.8 Å². The summed E-state index contributed by atoms with van der Waals surface area (Å²) < 4.78 is 5.73. The van der Waals surface area contributed by atoms with E-state index in [0.717, 1.165) is 32.4 Å². The Hall–Kier alpha value is -0.410. The van der Waals surface area contributed by atoms with Crippen molar-refractivity contribution in [3.63, 3.8) is 0 Å². The topological polar surface area (TPSA) is 29.5 Å². The second-order valence-electron chi connectivity index (χ2n) is 5.61. The first-order valence-corrected chi connectivity index (χ1v) is 7.09. The van der Waals surface area contributed by atoms with Gasteiger partial charge in [0.15, 0.2) is 0 Å². The maximum atomic E-state index is 11.8. The molecule has 3 heteroatoms. The summed E-state index contributed by atoms with van der Waals surface area (Å²) in [6.45, 7) is 5.07. The predicted molar refractivity (Wildman–Crippen MR) is 67.8 cm³/mol. The Morgan fingerprint density at radius 3 is 2.94 bits per heavy atom. The van der Waals surface area contributed by atoms with Crippen LogP contribution in [0.5, 0.6) is 0 Å². The first-order chi connectivity index (χ1) is 8.20. The van der Waals surface area contributed by atoms with Gasteiger partial charge in [0.2, 0.25) is 0 Å². The molecule has 17 heavy (non-hydrogen) atoms. The quantitative estimate of drug-likeness (QED) is 0.706. The third kappa shape index (κ3) is 3.29. The molecule has 0 N–H and O–H groups in total. The van der Waals surface area contributed by atoms with Gasteiger partial charge in [0.1, 0.15) is 5.78 Å². The number of carbonyl (C=O) groups excluding carboxylic acids is 1. The van der Waals surface area contributed by atoms with Gasteiger partial charge in [-0.05, 0) is 19.8 Å². The van der Waals surface area contributed by atoms with Gasteiger partial charge in [-0.2, -0.15) is 0 Å². The Balaban J connectivity index is 1.92. The highest BCUT2D eigenvalue weighted by molar-refractivity contribution is 5.80. The summed E-state index contributed by atoms with van der Waals surface area (Å²) in [6, 6.07) is 0.895. The highest BCUT2D eigenvalue weighted by Gasteiger charge is 2.37. The SMILES string of the molecule is CCCCC[C@@H]1CC(=O)C[C@H]2C[C@H](C)OCN12. The van der Waals surface area contributed by atoms with Crippen LogP contribution in [0.15, 0.2) is 0 Å². The standard InChI is InChI=1S/C14H25NO2/c1-3-4-5-6-12-8-14(16)9-13-7-11(2)17-10-15(12)13/h11-13H,3-10H2,1-2H3/t11-,12+,13+/m0/s1. The van der Waals surface area contributed by atoms with Crippen LogP contribution in [0.25, 0.3) is 0 Å². The van der Waals surface area contributed by atoms with Gasteiger partial charge in [0.25, 0.3) is 0 Å². The van der Waals surface area contributed by atoms with Gasteiger partial charge in [-0.1, -0.05) is 26.2 Å². The highest BCUT2D eigenvalue weighted by atomic mass is 16.5. The molecule has 0 saturated carbocycles. The molecule has 3 atom stereocenters. The first kappa shape index (κ1) is 13.0. The van der Waals surface area contributed by atoms with Crippen molar-refractivity contribution in [2.45, 2.75) is 77.0 Å². The van der Waals surface area contributed by atoms with Gasteiger partial charge in [0.05, 0.1) is 12.8 Å². The van der Waals surface area contributed by atoms with Crippen LogP contribution in [0.3, 0.4) is 0 Å². The van der Waals surface area contributed by atoms with E-state index in [2.05, 4.69) is 18.7 Å². The maximum absolute atomic E-state index is 11.8. The molecule has 0 spiro atoms. The van der Waals surface area contributed by atoms with Gasteiger partial charge in [-0.3, -0.25) is 9.69 Å². The predicted octanol–water partition coefficient (Wildman–Crippen LogP) is 2.74. The molecule has 2 aliphatic heterocycles. The van der Waals surface area contributed by atoms with Crippen LogP contribution in [0, 0.1) is 0 Å². The number of ether oxygens (including phenoxy) is 1. The average Bonchev–Trinajstić information content (AvgIpc) is 2.28. The Kier molecular flexibility index (Phi) is 4.57. The van der Waals surface area contributed by atoms with Crippen LogP contribution in [0.2, 0.25) is 0 Å². The van der Waals surface area contributed by atoms with E-state index in [1.54, 1.807) is 0 Å². The summed E-state index contributed by atoms with van der Waals surface area (Å²) >= 11 is 0. The van der Waals surface area contributed by atoms with Crippen molar-refractivity contribution < 1.29 is 9.53 Å². The maximum Gasteiger partial charge on any atom is 0.136 e. The molecule has 0 aliphatic carbocycles. The zero-order chi connectivity index (χ0) is 12.3. The first-order valence-electron chi connectivity index (χ1n) is 7.09. The molecule has 3 nitrogen and oxygen atoms in total. The van der Waals surface area contributed by atoms with Gasteiger partial charge in [-0.15, -0.1) is 0 Å². The van der Waals surface area contributed by atoms with Crippen LogP contribution < -0.4 is 0 Å². The van der Waals surface area contributed by atoms with E-state index in [1.165, 1.54) is 19.3 Å². The molecule has 0 radical (unpaired) electrons. The summed E-state index contributed by atoms with van der Waals surface area (Å²) in [4.78, 5) is 14.2. The van der Waals surface area contributed by atoms with Crippen molar-refractivity contribution in [1.29, 1.82) is 0 Å². The molecule has 2 saturated heterocycles. The van der Waals surface area contributed by atoms with Crippen LogP contribution >= 0.6 is 0 Å². The number of nitrogens with zero attached hydrogens (tertiary/aromatic N) is 1. The number of unbranched alkanes of at least 4 members (excludes halogenated alkanes) is 2. The lowest BCUT2D eigenvalue weighted by atomic mass is 9.88. The van der Waals surface area contributed by atoms with Crippen molar-refractivity contribution >= 4 is 5.78 Å². The van der Waals surface area contributed by atoms with E-state index in [4.69, 9.17) is 4.74 Å². The largest absolute Gasteiger partial charge is 0.363 e. The molecule has 0 aromatic rings. The second kappa shape index (κ2) is 5.96.